The van der Waals surface area contributed by atoms with Crippen molar-refractivity contribution in [2.45, 2.75) is 27.2 Å². The average Bonchev–Trinajstić information content (AvgIpc) is 2.20. The molecule has 0 amide bonds. The normalized spacial score (nSPS) is 20.3. The fraction of sp³-hybridized carbons (Fsp3) is 0.333. The van der Waals surface area contributed by atoms with Gasteiger partial charge in [0.2, 0.25) is 0 Å². The highest BCUT2D eigenvalue weighted by Crippen LogP contribution is 2.28. The molecule has 2 rings (SSSR count). The zero-order chi connectivity index (χ0) is 11.7. The predicted molar refractivity (Wildman–Crippen MR) is 69.9 cm³/mol. The molecule has 1 aliphatic carbocycles. The van der Waals surface area contributed by atoms with Gasteiger partial charge in [0.05, 0.1) is 0 Å². The van der Waals surface area contributed by atoms with E-state index in [2.05, 4.69) is 51.1 Å². The Morgan fingerprint density at radius 1 is 1.12 bits per heavy atom. The fourth-order valence-corrected chi connectivity index (χ4v) is 2.26. The first-order chi connectivity index (χ1) is 7.56. The largest absolute Gasteiger partial charge is 0.398 e. The summed E-state index contributed by atoms with van der Waals surface area (Å²) < 4.78 is 0. The molecule has 84 valence electrons. The lowest BCUT2D eigenvalue weighted by molar-refractivity contribution is 0.733. The van der Waals surface area contributed by atoms with E-state index in [0.717, 1.165) is 12.1 Å². The van der Waals surface area contributed by atoms with Gasteiger partial charge in [-0.1, -0.05) is 48.4 Å². The van der Waals surface area contributed by atoms with E-state index < -0.39 is 0 Å². The van der Waals surface area contributed by atoms with Crippen molar-refractivity contribution < 1.29 is 0 Å². The lowest BCUT2D eigenvalue weighted by atomic mass is 9.90. The smallest absolute Gasteiger partial charge is 0.0350 e. The van der Waals surface area contributed by atoms with E-state index in [1.165, 1.54) is 22.3 Å². The first-order valence-corrected chi connectivity index (χ1v) is 5.83. The van der Waals surface area contributed by atoms with E-state index in [1.54, 1.807) is 0 Å². The zero-order valence-corrected chi connectivity index (χ0v) is 10.2. The van der Waals surface area contributed by atoms with Gasteiger partial charge in [-0.15, -0.1) is 0 Å². The SMILES string of the molecule is Cc1cc(C)cc(C2=CC(C)CC=C2N)c1. The highest BCUT2D eigenvalue weighted by Gasteiger charge is 2.12. The Hall–Kier alpha value is -1.50. The van der Waals surface area contributed by atoms with Crippen LogP contribution in [0.3, 0.4) is 0 Å². The Morgan fingerprint density at radius 2 is 1.75 bits per heavy atom. The molecule has 1 aliphatic rings. The van der Waals surface area contributed by atoms with Crippen molar-refractivity contribution in [3.63, 3.8) is 0 Å². The van der Waals surface area contributed by atoms with Crippen molar-refractivity contribution in [1.82, 2.24) is 0 Å². The van der Waals surface area contributed by atoms with E-state index in [0.29, 0.717) is 5.92 Å². The minimum atomic E-state index is 0.586. The van der Waals surface area contributed by atoms with Gasteiger partial charge in [0.15, 0.2) is 0 Å². The van der Waals surface area contributed by atoms with Gasteiger partial charge in [0, 0.05) is 11.3 Å². The van der Waals surface area contributed by atoms with E-state index >= 15 is 0 Å². The Labute approximate surface area is 97.7 Å². The molecule has 0 fully saturated rings. The third kappa shape index (κ3) is 2.19. The Bertz CT molecular complexity index is 446. The zero-order valence-electron chi connectivity index (χ0n) is 10.2. The molecule has 1 nitrogen and oxygen atoms in total. The standard InChI is InChI=1S/C15H19N/c1-10-4-5-15(16)14(9-10)13-7-11(2)6-12(3)8-13/h5-10H,4,16H2,1-3H3. The maximum absolute atomic E-state index is 6.07. The first-order valence-electron chi connectivity index (χ1n) is 5.83. The lowest BCUT2D eigenvalue weighted by Gasteiger charge is -2.18. The maximum atomic E-state index is 6.07. The third-order valence-corrected chi connectivity index (χ3v) is 3.00. The summed E-state index contributed by atoms with van der Waals surface area (Å²) in [5.41, 5.74) is 12.0. The summed E-state index contributed by atoms with van der Waals surface area (Å²) in [5.74, 6) is 0.586. The molecule has 0 heterocycles. The number of aryl methyl sites for hydroxylation is 2. The molecular formula is C15H19N. The van der Waals surface area contributed by atoms with E-state index in [4.69, 9.17) is 5.73 Å². The number of hydrogen-bond acceptors (Lipinski definition) is 1. The number of rotatable bonds is 1. The van der Waals surface area contributed by atoms with E-state index in [-0.39, 0.29) is 0 Å². The van der Waals surface area contributed by atoms with E-state index in [1.807, 2.05) is 0 Å². The van der Waals surface area contributed by atoms with Crippen molar-refractivity contribution >= 4 is 5.57 Å². The summed E-state index contributed by atoms with van der Waals surface area (Å²) in [7, 11) is 0. The second kappa shape index (κ2) is 4.17. The number of allylic oxidation sites excluding steroid dienone is 3. The van der Waals surface area contributed by atoms with Crippen LogP contribution in [-0.2, 0) is 0 Å². The molecule has 0 bridgehead atoms. The Kier molecular flexibility index (Phi) is 2.86. The first kappa shape index (κ1) is 11.0. The molecule has 1 unspecified atom stereocenters. The molecule has 1 aromatic rings. The summed E-state index contributed by atoms with van der Waals surface area (Å²) >= 11 is 0. The minimum Gasteiger partial charge on any atom is -0.398 e. The molecule has 0 aliphatic heterocycles. The molecule has 1 heteroatoms. The van der Waals surface area contributed by atoms with Gasteiger partial charge in [-0.3, -0.25) is 0 Å². The van der Waals surface area contributed by atoms with Gasteiger partial charge in [-0.25, -0.2) is 0 Å². The highest BCUT2D eigenvalue weighted by atomic mass is 14.6. The molecular weight excluding hydrogens is 194 g/mol. The summed E-state index contributed by atoms with van der Waals surface area (Å²) in [5, 5.41) is 0. The number of benzene rings is 1. The van der Waals surface area contributed by atoms with Crippen LogP contribution < -0.4 is 5.73 Å². The van der Waals surface area contributed by atoms with Crippen LogP contribution in [0.15, 0.2) is 36.0 Å². The molecule has 1 atom stereocenters. The fourth-order valence-electron chi connectivity index (χ4n) is 2.26. The van der Waals surface area contributed by atoms with Crippen molar-refractivity contribution in [3.8, 4) is 0 Å². The van der Waals surface area contributed by atoms with Crippen molar-refractivity contribution in [1.29, 1.82) is 0 Å². The minimum absolute atomic E-state index is 0.586. The second-order valence-corrected chi connectivity index (χ2v) is 4.83. The van der Waals surface area contributed by atoms with Crippen LogP contribution in [0.5, 0.6) is 0 Å². The molecule has 0 aromatic heterocycles. The topological polar surface area (TPSA) is 26.0 Å². The summed E-state index contributed by atoms with van der Waals surface area (Å²) in [4.78, 5) is 0. The van der Waals surface area contributed by atoms with Gasteiger partial charge in [0.25, 0.3) is 0 Å². The highest BCUT2D eigenvalue weighted by molar-refractivity contribution is 5.79. The van der Waals surface area contributed by atoms with Crippen molar-refractivity contribution in [2.24, 2.45) is 11.7 Å². The van der Waals surface area contributed by atoms with Gasteiger partial charge < -0.3 is 5.73 Å². The lowest BCUT2D eigenvalue weighted by Crippen LogP contribution is -2.08. The summed E-state index contributed by atoms with van der Waals surface area (Å²) in [6, 6.07) is 6.60. The molecule has 0 spiro atoms. The Morgan fingerprint density at radius 3 is 2.38 bits per heavy atom. The van der Waals surface area contributed by atoms with Crippen LogP contribution >= 0.6 is 0 Å². The van der Waals surface area contributed by atoms with Crippen molar-refractivity contribution in [2.75, 3.05) is 0 Å². The van der Waals surface area contributed by atoms with Crippen LogP contribution in [0.4, 0.5) is 0 Å². The van der Waals surface area contributed by atoms with Crippen LogP contribution in [0.1, 0.15) is 30.0 Å². The van der Waals surface area contributed by atoms with E-state index in [9.17, 15) is 0 Å². The monoisotopic (exact) mass is 213 g/mol. The van der Waals surface area contributed by atoms with Crippen LogP contribution in [0, 0.1) is 19.8 Å². The number of hydrogen-bond donors (Lipinski definition) is 1. The molecule has 16 heavy (non-hydrogen) atoms. The van der Waals surface area contributed by atoms with Gasteiger partial charge in [-0.05, 0) is 31.7 Å². The molecule has 2 N–H and O–H groups in total. The summed E-state index contributed by atoms with van der Waals surface area (Å²) in [6.07, 6.45) is 5.47. The van der Waals surface area contributed by atoms with Gasteiger partial charge in [-0.2, -0.15) is 0 Å². The third-order valence-electron chi connectivity index (χ3n) is 3.00. The molecule has 0 saturated heterocycles. The average molecular weight is 213 g/mol. The van der Waals surface area contributed by atoms with Crippen LogP contribution in [-0.4, -0.2) is 0 Å². The Balaban J connectivity index is 2.47. The second-order valence-electron chi connectivity index (χ2n) is 4.83. The van der Waals surface area contributed by atoms with Gasteiger partial charge in [0.1, 0.15) is 0 Å². The molecule has 1 aromatic carbocycles. The predicted octanol–water partition coefficient (Wildman–Crippen LogP) is 3.57. The quantitative estimate of drug-likeness (QED) is 0.758. The number of nitrogens with two attached hydrogens (primary N) is 1. The van der Waals surface area contributed by atoms with Crippen LogP contribution in [0.2, 0.25) is 0 Å². The molecule has 0 radical (unpaired) electrons. The van der Waals surface area contributed by atoms with Gasteiger partial charge >= 0.3 is 0 Å². The molecule has 0 saturated carbocycles. The summed E-state index contributed by atoms with van der Waals surface area (Å²) in [6.45, 7) is 6.48. The maximum Gasteiger partial charge on any atom is 0.0350 e. The van der Waals surface area contributed by atoms with Crippen molar-refractivity contribution in [3.05, 3.63) is 52.7 Å². The van der Waals surface area contributed by atoms with Crippen LogP contribution in [0.25, 0.3) is 5.57 Å².